The van der Waals surface area contributed by atoms with E-state index in [0.717, 1.165) is 40.8 Å². The molecule has 0 bridgehead atoms. The molecule has 0 heterocycles. The van der Waals surface area contributed by atoms with E-state index in [9.17, 15) is 4.79 Å². The zero-order valence-electron chi connectivity index (χ0n) is 13.3. The molecule has 0 saturated heterocycles. The zero-order chi connectivity index (χ0) is 16.5. The maximum Gasteiger partial charge on any atom is 0.143 e. The third-order valence-electron chi connectivity index (χ3n) is 3.54. The molecule has 0 aliphatic rings. The average molecular weight is 310 g/mol. The van der Waals surface area contributed by atoms with E-state index in [1.54, 1.807) is 6.08 Å². The number of anilines is 1. The normalized spacial score (nSPS) is 10.7. The summed E-state index contributed by atoms with van der Waals surface area (Å²) in [5.41, 5.74) is 9.67. The first kappa shape index (κ1) is 16.8. The van der Waals surface area contributed by atoms with E-state index in [-0.39, 0.29) is 0 Å². The van der Waals surface area contributed by atoms with Crippen molar-refractivity contribution in [2.45, 2.75) is 13.0 Å². The second kappa shape index (κ2) is 8.76. The number of benzene rings is 2. The van der Waals surface area contributed by atoms with Crippen molar-refractivity contribution < 1.29 is 9.53 Å². The van der Waals surface area contributed by atoms with E-state index >= 15 is 0 Å². The Hall–Kier alpha value is -2.59. The fraction of sp³-hybridized carbons (Fsp3) is 0.211. The lowest BCUT2D eigenvalue weighted by molar-refractivity contribution is -0.104. The van der Waals surface area contributed by atoms with Gasteiger partial charge in [0.1, 0.15) is 18.6 Å². The van der Waals surface area contributed by atoms with Crippen LogP contribution in [0.5, 0.6) is 5.75 Å². The third kappa shape index (κ3) is 4.44. The van der Waals surface area contributed by atoms with Crippen molar-refractivity contribution in [3.05, 3.63) is 65.2 Å². The molecule has 3 N–H and O–H groups in total. The standard InChI is InChI=1S/C19H22N2O2/c1-21-19-17(8-5-13-22)16(11-12-20)9-10-18(19)23-14-15-6-3-2-4-7-15/h2-10,13,21H,11-12,14,20H2,1H3/b8-5-. The molecular weight excluding hydrogens is 288 g/mol. The van der Waals surface area contributed by atoms with E-state index < -0.39 is 0 Å². The lowest BCUT2D eigenvalue weighted by Gasteiger charge is -2.17. The van der Waals surface area contributed by atoms with E-state index in [2.05, 4.69) is 5.32 Å². The molecule has 0 radical (unpaired) electrons. The maximum absolute atomic E-state index is 10.7. The molecular formula is C19H22N2O2. The highest BCUT2D eigenvalue weighted by molar-refractivity contribution is 5.81. The number of nitrogens with one attached hydrogen (secondary N) is 1. The van der Waals surface area contributed by atoms with Gasteiger partial charge in [-0.1, -0.05) is 36.4 Å². The van der Waals surface area contributed by atoms with Crippen LogP contribution in [0.25, 0.3) is 6.08 Å². The fourth-order valence-electron chi connectivity index (χ4n) is 2.46. The van der Waals surface area contributed by atoms with E-state index in [1.165, 1.54) is 6.08 Å². The lowest BCUT2D eigenvalue weighted by atomic mass is 10.0. The second-order valence-electron chi connectivity index (χ2n) is 5.07. The van der Waals surface area contributed by atoms with Crippen molar-refractivity contribution in [3.8, 4) is 5.75 Å². The minimum absolute atomic E-state index is 0.489. The van der Waals surface area contributed by atoms with Gasteiger partial charge in [0.05, 0.1) is 5.69 Å². The zero-order valence-corrected chi connectivity index (χ0v) is 13.3. The van der Waals surface area contributed by atoms with Crippen LogP contribution in [-0.2, 0) is 17.8 Å². The van der Waals surface area contributed by atoms with Crippen molar-refractivity contribution in [1.29, 1.82) is 0 Å². The van der Waals surface area contributed by atoms with Crippen molar-refractivity contribution in [2.75, 3.05) is 18.9 Å². The summed E-state index contributed by atoms with van der Waals surface area (Å²) in [7, 11) is 1.84. The molecule has 2 rings (SSSR count). The van der Waals surface area contributed by atoms with Crippen LogP contribution in [-0.4, -0.2) is 19.9 Å². The predicted molar refractivity (Wildman–Crippen MR) is 94.6 cm³/mol. The van der Waals surface area contributed by atoms with Crippen molar-refractivity contribution >= 4 is 18.0 Å². The summed E-state index contributed by atoms with van der Waals surface area (Å²) >= 11 is 0. The Kier molecular flexibility index (Phi) is 6.39. The van der Waals surface area contributed by atoms with E-state index in [4.69, 9.17) is 10.5 Å². The van der Waals surface area contributed by atoms with Gasteiger partial charge in [0.2, 0.25) is 0 Å². The van der Waals surface area contributed by atoms with Gasteiger partial charge in [-0.25, -0.2) is 0 Å². The van der Waals surface area contributed by atoms with Gasteiger partial charge in [-0.2, -0.15) is 0 Å². The van der Waals surface area contributed by atoms with Crippen LogP contribution in [0.15, 0.2) is 48.5 Å². The number of rotatable bonds is 8. The number of aldehydes is 1. The average Bonchev–Trinajstić information content (AvgIpc) is 2.60. The Morgan fingerprint density at radius 1 is 1.17 bits per heavy atom. The molecule has 0 amide bonds. The number of hydrogen-bond donors (Lipinski definition) is 2. The van der Waals surface area contributed by atoms with Crippen LogP contribution in [0.4, 0.5) is 5.69 Å². The van der Waals surface area contributed by atoms with Crippen molar-refractivity contribution in [3.63, 3.8) is 0 Å². The summed E-state index contributed by atoms with van der Waals surface area (Å²) in [5.74, 6) is 0.752. The molecule has 0 aliphatic carbocycles. The number of hydrogen-bond acceptors (Lipinski definition) is 4. The van der Waals surface area contributed by atoms with Gasteiger partial charge in [0.25, 0.3) is 0 Å². The Balaban J connectivity index is 2.31. The minimum atomic E-state index is 0.489. The van der Waals surface area contributed by atoms with Crippen LogP contribution < -0.4 is 15.8 Å². The summed E-state index contributed by atoms with van der Waals surface area (Å²) in [6.07, 6.45) is 4.78. The summed E-state index contributed by atoms with van der Waals surface area (Å²) < 4.78 is 5.95. The fourth-order valence-corrected chi connectivity index (χ4v) is 2.46. The Morgan fingerprint density at radius 2 is 1.96 bits per heavy atom. The summed E-state index contributed by atoms with van der Waals surface area (Å²) in [4.78, 5) is 10.7. The van der Waals surface area contributed by atoms with Gasteiger partial charge in [-0.3, -0.25) is 4.79 Å². The van der Waals surface area contributed by atoms with Crippen molar-refractivity contribution in [1.82, 2.24) is 0 Å². The number of carbonyl (C=O) groups is 1. The summed E-state index contributed by atoms with van der Waals surface area (Å²) in [6, 6.07) is 13.9. The molecule has 0 fully saturated rings. The van der Waals surface area contributed by atoms with Gasteiger partial charge >= 0.3 is 0 Å². The van der Waals surface area contributed by atoms with Gasteiger partial charge in [0.15, 0.2) is 0 Å². The quantitative estimate of drug-likeness (QED) is 0.581. The molecule has 0 aromatic heterocycles. The molecule has 0 atom stereocenters. The molecule has 0 saturated carbocycles. The number of allylic oxidation sites excluding steroid dienone is 1. The molecule has 0 unspecified atom stereocenters. The molecule has 2 aromatic rings. The first-order chi connectivity index (χ1) is 11.3. The molecule has 4 heteroatoms. The Morgan fingerprint density at radius 3 is 2.61 bits per heavy atom. The smallest absolute Gasteiger partial charge is 0.143 e. The second-order valence-corrected chi connectivity index (χ2v) is 5.07. The molecule has 4 nitrogen and oxygen atoms in total. The van der Waals surface area contributed by atoms with Gasteiger partial charge in [-0.05, 0) is 42.3 Å². The predicted octanol–water partition coefficient (Wildman–Crippen LogP) is 3.02. The first-order valence-electron chi connectivity index (χ1n) is 7.62. The Bertz CT molecular complexity index is 667. The van der Waals surface area contributed by atoms with Gasteiger partial charge in [-0.15, -0.1) is 0 Å². The minimum Gasteiger partial charge on any atom is -0.487 e. The van der Waals surface area contributed by atoms with Crippen molar-refractivity contribution in [2.24, 2.45) is 5.73 Å². The maximum atomic E-state index is 10.7. The van der Waals surface area contributed by atoms with Crippen LogP contribution in [0.2, 0.25) is 0 Å². The number of carbonyl (C=O) groups excluding carboxylic acids is 1. The summed E-state index contributed by atoms with van der Waals surface area (Å²) in [5, 5.41) is 3.18. The van der Waals surface area contributed by atoms with E-state index in [0.29, 0.717) is 13.2 Å². The monoisotopic (exact) mass is 310 g/mol. The highest BCUT2D eigenvalue weighted by Crippen LogP contribution is 2.33. The molecule has 0 aliphatic heterocycles. The Labute approximate surface area is 137 Å². The molecule has 0 spiro atoms. The van der Waals surface area contributed by atoms with Crippen LogP contribution in [0.1, 0.15) is 16.7 Å². The number of ether oxygens (including phenoxy) is 1. The van der Waals surface area contributed by atoms with E-state index in [1.807, 2.05) is 49.5 Å². The van der Waals surface area contributed by atoms with Crippen LogP contribution >= 0.6 is 0 Å². The SMILES string of the molecule is CNc1c(OCc2ccccc2)ccc(CCN)c1/C=C\C=O. The highest BCUT2D eigenvalue weighted by Gasteiger charge is 2.11. The number of nitrogens with two attached hydrogens (primary N) is 1. The topological polar surface area (TPSA) is 64.3 Å². The first-order valence-corrected chi connectivity index (χ1v) is 7.62. The lowest BCUT2D eigenvalue weighted by Crippen LogP contribution is -2.07. The summed E-state index contributed by atoms with van der Waals surface area (Å²) in [6.45, 7) is 1.04. The van der Waals surface area contributed by atoms with Crippen LogP contribution in [0.3, 0.4) is 0 Å². The molecule has 120 valence electrons. The van der Waals surface area contributed by atoms with Gasteiger partial charge in [0, 0.05) is 12.6 Å². The van der Waals surface area contributed by atoms with Gasteiger partial charge < -0.3 is 15.8 Å². The largest absolute Gasteiger partial charge is 0.487 e. The molecule has 23 heavy (non-hydrogen) atoms. The third-order valence-corrected chi connectivity index (χ3v) is 3.54. The van der Waals surface area contributed by atoms with Crippen LogP contribution in [0, 0.1) is 0 Å². The highest BCUT2D eigenvalue weighted by atomic mass is 16.5. The molecule has 2 aromatic carbocycles.